The van der Waals surface area contributed by atoms with Crippen LogP contribution in [0.2, 0.25) is 0 Å². The van der Waals surface area contributed by atoms with Crippen LogP contribution in [0.25, 0.3) is 0 Å². The Morgan fingerprint density at radius 2 is 1.59 bits per heavy atom. The molecule has 10 atom stereocenters. The second-order valence-corrected chi connectivity index (χ2v) is 15.0. The minimum atomic E-state index is -0.554. The van der Waals surface area contributed by atoms with Crippen LogP contribution in [0.3, 0.4) is 0 Å². The number of halogens is 1. The fraction of sp³-hybridized carbons (Fsp3) is 0.900. The van der Waals surface area contributed by atoms with E-state index in [1.54, 1.807) is 0 Å². The van der Waals surface area contributed by atoms with E-state index in [0.29, 0.717) is 23.7 Å². The smallest absolute Gasteiger partial charge is 0.309 e. The molecule has 0 radical (unpaired) electrons. The summed E-state index contributed by atoms with van der Waals surface area (Å²) in [7, 11) is 0. The number of aliphatic carboxylic acids is 1. The molecule has 5 rings (SSSR count). The molecule has 5 fully saturated rings. The minimum absolute atomic E-state index is 0.0265. The van der Waals surface area contributed by atoms with Crippen LogP contribution in [0, 0.1) is 56.7 Å². The van der Waals surface area contributed by atoms with E-state index in [2.05, 4.69) is 57.1 Å². The Morgan fingerprint density at radius 3 is 2.24 bits per heavy atom. The molecule has 5 aliphatic rings. The molecule has 0 aliphatic heterocycles. The van der Waals surface area contributed by atoms with Crippen LogP contribution in [0.4, 0.5) is 0 Å². The molecule has 5 aliphatic carbocycles. The molecule has 2 N–H and O–H groups in total. The van der Waals surface area contributed by atoms with Crippen molar-refractivity contribution in [3.05, 3.63) is 12.2 Å². The Balaban J connectivity index is 1.56. The van der Waals surface area contributed by atoms with Crippen molar-refractivity contribution in [2.75, 3.05) is 5.33 Å². The van der Waals surface area contributed by atoms with Crippen LogP contribution < -0.4 is 0 Å². The summed E-state index contributed by atoms with van der Waals surface area (Å²) in [6.07, 6.45) is 10.3. The van der Waals surface area contributed by atoms with Crippen molar-refractivity contribution in [1.29, 1.82) is 0 Å². The van der Waals surface area contributed by atoms with Crippen molar-refractivity contribution in [2.45, 2.75) is 105 Å². The molecule has 5 saturated carbocycles. The van der Waals surface area contributed by atoms with Gasteiger partial charge in [-0.25, -0.2) is 0 Å². The molecule has 0 bridgehead atoms. The van der Waals surface area contributed by atoms with Gasteiger partial charge in [0.2, 0.25) is 0 Å². The van der Waals surface area contributed by atoms with Gasteiger partial charge in [0.1, 0.15) is 0 Å². The number of carbonyl (C=O) groups is 1. The second kappa shape index (κ2) is 7.83. The topological polar surface area (TPSA) is 57.5 Å². The van der Waals surface area contributed by atoms with Gasteiger partial charge in [-0.05, 0) is 115 Å². The lowest BCUT2D eigenvalue weighted by atomic mass is 9.32. The van der Waals surface area contributed by atoms with Crippen LogP contribution in [0.5, 0.6) is 0 Å². The number of rotatable bonds is 3. The van der Waals surface area contributed by atoms with Crippen LogP contribution in [-0.2, 0) is 4.79 Å². The third-order valence-corrected chi connectivity index (χ3v) is 14.3. The van der Waals surface area contributed by atoms with E-state index in [1.807, 2.05) is 0 Å². The molecule has 34 heavy (non-hydrogen) atoms. The largest absolute Gasteiger partial charge is 0.481 e. The summed E-state index contributed by atoms with van der Waals surface area (Å²) < 4.78 is 0. The summed E-state index contributed by atoms with van der Waals surface area (Å²) in [5.41, 5.74) is 1.29. The molecule has 0 aromatic heterocycles. The predicted molar refractivity (Wildman–Crippen MR) is 141 cm³/mol. The van der Waals surface area contributed by atoms with Gasteiger partial charge in [0.15, 0.2) is 0 Å². The summed E-state index contributed by atoms with van der Waals surface area (Å²) in [6.45, 7) is 16.8. The van der Waals surface area contributed by atoms with Gasteiger partial charge in [0.25, 0.3) is 0 Å². The summed E-state index contributed by atoms with van der Waals surface area (Å²) >= 11 is 3.66. The van der Waals surface area contributed by atoms with Gasteiger partial charge in [-0.2, -0.15) is 0 Å². The van der Waals surface area contributed by atoms with Crippen molar-refractivity contribution in [1.82, 2.24) is 0 Å². The average Bonchev–Trinajstić information content (AvgIpc) is 3.18. The van der Waals surface area contributed by atoms with E-state index < -0.39 is 11.4 Å². The zero-order chi connectivity index (χ0) is 24.9. The van der Waals surface area contributed by atoms with Crippen LogP contribution in [0.1, 0.15) is 98.8 Å². The Morgan fingerprint density at radius 1 is 0.882 bits per heavy atom. The second-order valence-electron chi connectivity index (χ2n) is 14.5. The summed E-state index contributed by atoms with van der Waals surface area (Å²) in [5.74, 6) is 1.69. The third-order valence-electron chi connectivity index (χ3n) is 13.5. The highest BCUT2D eigenvalue weighted by molar-refractivity contribution is 9.09. The Hall–Kier alpha value is -0.350. The van der Waals surface area contributed by atoms with Crippen molar-refractivity contribution in [3.8, 4) is 0 Å². The predicted octanol–water partition coefficient (Wildman–Crippen LogP) is 7.46. The SMILES string of the molecule is C=C(CBr)[C@@H]1CC[C@]2(C(=O)O)CC[C@]3(C)C(CCC4[C@@]5(C)CC[C@H](O)C(C)(C)C5CC[C@]43C)C12. The first-order valence-corrected chi connectivity index (χ1v) is 15.1. The fourth-order valence-corrected chi connectivity index (χ4v) is 11.9. The standard InChI is InChI=1S/C30H47BrO3/c1-18(17-31)19-9-14-30(25(33)34)16-15-28(5)20(24(19)30)7-8-22-27(4)12-11-23(32)26(2,3)21(27)10-13-29(22,28)6/h19-24,32H,1,7-17H2,2-6H3,(H,33,34)/t19-,20?,21?,22?,23-,24?,27-,28+,29+,30-/m0/s1. The Kier molecular flexibility index (Phi) is 5.82. The molecule has 0 aromatic carbocycles. The van der Waals surface area contributed by atoms with Crippen molar-refractivity contribution >= 4 is 21.9 Å². The average molecular weight is 536 g/mol. The van der Waals surface area contributed by atoms with Crippen molar-refractivity contribution in [3.63, 3.8) is 0 Å². The Bertz CT molecular complexity index is 882. The van der Waals surface area contributed by atoms with E-state index in [1.165, 1.54) is 24.8 Å². The first kappa shape index (κ1) is 25.3. The number of allylic oxidation sites excluding steroid dienone is 1. The van der Waals surface area contributed by atoms with Crippen molar-refractivity contribution in [2.24, 2.45) is 56.7 Å². The maximum Gasteiger partial charge on any atom is 0.309 e. The summed E-state index contributed by atoms with van der Waals surface area (Å²) in [4.78, 5) is 12.8. The fourth-order valence-electron chi connectivity index (χ4n) is 11.5. The van der Waals surface area contributed by atoms with Gasteiger partial charge in [-0.3, -0.25) is 4.79 Å². The van der Waals surface area contributed by atoms with E-state index in [0.717, 1.165) is 50.3 Å². The first-order valence-electron chi connectivity index (χ1n) is 13.9. The van der Waals surface area contributed by atoms with Gasteiger partial charge in [0, 0.05) is 5.33 Å². The van der Waals surface area contributed by atoms with E-state index >= 15 is 0 Å². The molecule has 3 nitrogen and oxygen atoms in total. The number of alkyl halides is 1. The number of hydrogen-bond donors (Lipinski definition) is 2. The molecule has 192 valence electrons. The molecule has 0 saturated heterocycles. The highest BCUT2D eigenvalue weighted by Gasteiger charge is 2.72. The highest BCUT2D eigenvalue weighted by atomic mass is 79.9. The molecule has 0 spiro atoms. The number of hydrogen-bond acceptors (Lipinski definition) is 2. The number of carboxylic acid groups (broad SMARTS) is 1. The number of aliphatic hydroxyl groups is 1. The van der Waals surface area contributed by atoms with Gasteiger partial charge in [-0.15, -0.1) is 0 Å². The van der Waals surface area contributed by atoms with Gasteiger partial charge < -0.3 is 10.2 Å². The Labute approximate surface area is 215 Å². The lowest BCUT2D eigenvalue weighted by Gasteiger charge is -2.72. The minimum Gasteiger partial charge on any atom is -0.481 e. The molecule has 0 heterocycles. The first-order chi connectivity index (χ1) is 15.8. The van der Waals surface area contributed by atoms with Gasteiger partial charge in [0.05, 0.1) is 11.5 Å². The summed E-state index contributed by atoms with van der Waals surface area (Å²) in [6, 6.07) is 0. The van der Waals surface area contributed by atoms with Gasteiger partial charge in [-0.1, -0.05) is 62.7 Å². The molecule has 4 unspecified atom stereocenters. The van der Waals surface area contributed by atoms with E-state index in [9.17, 15) is 15.0 Å². The zero-order valence-electron chi connectivity index (χ0n) is 22.1. The maximum atomic E-state index is 12.8. The summed E-state index contributed by atoms with van der Waals surface area (Å²) in [5, 5.41) is 22.2. The van der Waals surface area contributed by atoms with Crippen LogP contribution >= 0.6 is 15.9 Å². The van der Waals surface area contributed by atoms with E-state index in [-0.39, 0.29) is 33.7 Å². The number of fused-ring (bicyclic) bond motifs is 7. The lowest BCUT2D eigenvalue weighted by Crippen LogP contribution is -2.67. The maximum absolute atomic E-state index is 12.8. The molecular formula is C30H47BrO3. The molecule has 4 heteroatoms. The normalized spacial score (nSPS) is 53.7. The quantitative estimate of drug-likeness (QED) is 0.291. The van der Waals surface area contributed by atoms with Crippen LogP contribution in [0.15, 0.2) is 12.2 Å². The van der Waals surface area contributed by atoms with Gasteiger partial charge >= 0.3 is 5.97 Å². The third kappa shape index (κ3) is 2.93. The zero-order valence-corrected chi connectivity index (χ0v) is 23.7. The highest BCUT2D eigenvalue weighted by Crippen LogP contribution is 2.77. The lowest BCUT2D eigenvalue weighted by molar-refractivity contribution is -0.248. The molecular weight excluding hydrogens is 488 g/mol. The number of aliphatic hydroxyl groups excluding tert-OH is 1. The number of carboxylic acids is 1. The van der Waals surface area contributed by atoms with Crippen LogP contribution in [-0.4, -0.2) is 27.6 Å². The molecule has 0 amide bonds. The van der Waals surface area contributed by atoms with E-state index in [4.69, 9.17) is 0 Å². The monoisotopic (exact) mass is 534 g/mol. The van der Waals surface area contributed by atoms with Crippen molar-refractivity contribution < 1.29 is 15.0 Å². The molecule has 0 aromatic rings.